The number of anilines is 1. The number of rotatable bonds is 15. The number of phosphoric ester groups is 1. The Kier molecular flexibility index (Phi) is 12.4. The lowest BCUT2D eigenvalue weighted by atomic mass is 9.80. The number of carbonyl (C=O) groups excluding carboxylic acids is 3. The van der Waals surface area contributed by atoms with Crippen LogP contribution in [0, 0.1) is 11.3 Å². The average Bonchev–Trinajstić information content (AvgIpc) is 3.61. The maximum atomic E-state index is 12.6. The Morgan fingerprint density at radius 3 is 2.76 bits per heavy atom. The van der Waals surface area contributed by atoms with Gasteiger partial charge in [0.25, 0.3) is 0 Å². The van der Waals surface area contributed by atoms with Crippen molar-refractivity contribution in [1.82, 2.24) is 25.9 Å². The van der Waals surface area contributed by atoms with Crippen molar-refractivity contribution in [3.05, 3.63) is 12.0 Å². The van der Waals surface area contributed by atoms with E-state index in [1.807, 2.05) is 0 Å². The number of aromatic nitrogens is 2. The third-order valence-electron chi connectivity index (χ3n) is 7.22. The molecule has 0 saturated carbocycles. The Balaban J connectivity index is 1.36. The number of hydrogen-bond donors (Lipinski definition) is 5. The number of amides is 2. The van der Waals surface area contributed by atoms with Crippen molar-refractivity contribution in [3.8, 4) is 0 Å². The second kappa shape index (κ2) is 15.3. The highest BCUT2D eigenvalue weighted by Gasteiger charge is 2.36. The van der Waals surface area contributed by atoms with E-state index in [1.165, 1.54) is 6.92 Å². The molecule has 0 radical (unpaired) electrons. The summed E-state index contributed by atoms with van der Waals surface area (Å²) in [6.07, 6.45) is 2.64. The number of ether oxygens (including phenoxy) is 1. The van der Waals surface area contributed by atoms with Crippen LogP contribution >= 0.6 is 19.6 Å². The Bertz CT molecular complexity index is 1180. The molecule has 4 unspecified atom stereocenters. The molecule has 2 amide bonds. The molecule has 17 heteroatoms. The Labute approximate surface area is 249 Å². The van der Waals surface area contributed by atoms with E-state index in [2.05, 4.69) is 35.8 Å². The number of H-pyrrole nitrogens is 1. The van der Waals surface area contributed by atoms with Gasteiger partial charge in [-0.2, -0.15) is 0 Å². The molecule has 0 aromatic carbocycles. The highest BCUT2D eigenvalue weighted by atomic mass is 32.2. The van der Waals surface area contributed by atoms with Crippen LogP contribution in [-0.2, 0) is 32.7 Å². The first-order chi connectivity index (χ1) is 19.8. The summed E-state index contributed by atoms with van der Waals surface area (Å²) in [5.74, 6) is 0.521. The number of nitrogens with one attached hydrogen (secondary N) is 4. The molecule has 0 bridgehead atoms. The number of phosphoric acid groups is 1. The van der Waals surface area contributed by atoms with Gasteiger partial charge >= 0.3 is 7.82 Å². The van der Waals surface area contributed by atoms with Gasteiger partial charge in [0, 0.05) is 44.8 Å². The summed E-state index contributed by atoms with van der Waals surface area (Å²) in [5, 5.41) is 8.42. The van der Waals surface area contributed by atoms with E-state index >= 15 is 0 Å². The third-order valence-corrected chi connectivity index (χ3v) is 8.85. The molecule has 15 nitrogen and oxygen atoms in total. The number of thioether (sulfide) groups is 1. The van der Waals surface area contributed by atoms with Crippen LogP contribution in [0.3, 0.4) is 0 Å². The molecule has 1 aromatic rings. The molecule has 3 heterocycles. The van der Waals surface area contributed by atoms with Crippen molar-refractivity contribution in [2.75, 3.05) is 50.8 Å². The molecular weight excluding hydrogens is 589 g/mol. The Hall–Kier alpha value is -2.49. The fourth-order valence-corrected chi connectivity index (χ4v) is 5.72. The molecule has 0 spiro atoms. The second-order valence-corrected chi connectivity index (χ2v) is 13.5. The van der Waals surface area contributed by atoms with Crippen LogP contribution in [0.4, 0.5) is 5.82 Å². The molecule has 2 aliphatic rings. The maximum Gasteiger partial charge on any atom is 0.472 e. The van der Waals surface area contributed by atoms with E-state index in [4.69, 9.17) is 13.8 Å². The quantitative estimate of drug-likeness (QED) is 0.138. The number of aromatic amines is 1. The molecule has 42 heavy (non-hydrogen) atoms. The summed E-state index contributed by atoms with van der Waals surface area (Å²) in [4.78, 5) is 59.4. The molecule has 3 rings (SSSR count). The monoisotopic (exact) mass is 631 g/mol. The number of amidine groups is 1. The molecule has 2 aliphatic heterocycles. The van der Waals surface area contributed by atoms with Gasteiger partial charge in [0.15, 0.2) is 10.9 Å². The van der Waals surface area contributed by atoms with Gasteiger partial charge < -0.3 is 35.5 Å². The summed E-state index contributed by atoms with van der Waals surface area (Å²) in [6.45, 7) is 7.50. The minimum atomic E-state index is -4.40. The van der Waals surface area contributed by atoms with Crippen molar-refractivity contribution in [3.63, 3.8) is 0 Å². The molecule has 1 aromatic heterocycles. The predicted octanol–water partition coefficient (Wildman–Crippen LogP) is 1.36. The zero-order valence-corrected chi connectivity index (χ0v) is 26.4. The van der Waals surface area contributed by atoms with Gasteiger partial charge in [-0.3, -0.25) is 28.4 Å². The molecular formula is C25H42N7O8PS. The normalized spacial score (nSPS) is 21.8. The Morgan fingerprint density at radius 2 is 2.05 bits per heavy atom. The summed E-state index contributed by atoms with van der Waals surface area (Å²) in [7, 11) is -2.69. The fraction of sp³-hybridized carbons (Fsp3) is 0.720. The van der Waals surface area contributed by atoms with Crippen molar-refractivity contribution in [1.29, 1.82) is 0 Å². The van der Waals surface area contributed by atoms with Gasteiger partial charge in [-0.25, -0.2) is 9.55 Å². The Morgan fingerprint density at radius 1 is 1.31 bits per heavy atom. The van der Waals surface area contributed by atoms with Crippen molar-refractivity contribution < 1.29 is 37.6 Å². The van der Waals surface area contributed by atoms with Crippen LogP contribution < -0.4 is 20.9 Å². The molecule has 1 fully saturated rings. The topological polar surface area (TPSA) is 197 Å². The number of aliphatic imine (C=N–C) groups is 1. The van der Waals surface area contributed by atoms with Crippen LogP contribution in [-0.4, -0.2) is 95.7 Å². The largest absolute Gasteiger partial charge is 0.472 e. The summed E-state index contributed by atoms with van der Waals surface area (Å²) < 4.78 is 29.1. The minimum Gasteiger partial charge on any atom is -0.371 e. The van der Waals surface area contributed by atoms with Gasteiger partial charge in [-0.05, 0) is 12.8 Å². The minimum absolute atomic E-state index is 0.0607. The molecule has 236 valence electrons. The SMILES string of the molecule is CN=C1NCN(CC2CCC(COP(=O)(O)OCC(C)(C)C(C)C(=O)NCCC(=O)NCSC(C)=O)O2)c2nc[nH]c21. The zero-order valence-electron chi connectivity index (χ0n) is 24.7. The fourth-order valence-electron chi connectivity index (χ4n) is 4.36. The third kappa shape index (κ3) is 10.1. The molecule has 1 saturated heterocycles. The summed E-state index contributed by atoms with van der Waals surface area (Å²) in [5.41, 5.74) is 0.00996. The van der Waals surface area contributed by atoms with Crippen LogP contribution in [0.15, 0.2) is 11.3 Å². The number of carbonyl (C=O) groups is 3. The first kappa shape index (κ1) is 34.0. The van der Waals surface area contributed by atoms with E-state index in [0.29, 0.717) is 19.6 Å². The number of imidazole rings is 1. The zero-order chi connectivity index (χ0) is 30.9. The van der Waals surface area contributed by atoms with Gasteiger partial charge in [-0.15, -0.1) is 0 Å². The summed E-state index contributed by atoms with van der Waals surface area (Å²) in [6, 6.07) is 0. The van der Waals surface area contributed by atoms with Crippen molar-refractivity contribution in [2.45, 2.75) is 59.2 Å². The second-order valence-electron chi connectivity index (χ2n) is 10.9. The van der Waals surface area contributed by atoms with E-state index in [0.717, 1.165) is 35.5 Å². The van der Waals surface area contributed by atoms with E-state index in [9.17, 15) is 23.8 Å². The molecule has 0 aliphatic carbocycles. The standard InChI is InChI=1S/C25H42N7O8PS/c1-16(24(35)27-9-8-20(34)31-15-42-17(2)33)25(3,4)12-39-41(36,37)38-11-19-7-6-18(40-19)10-32-14-30-22(26-5)21-23(32)29-13-28-21/h13,16,18-19H,6-12,14-15H2,1-5H3,(H,26,30)(H,27,35)(H,28,29)(H,31,34)(H,36,37). The van der Waals surface area contributed by atoms with Crippen LogP contribution in [0.25, 0.3) is 0 Å². The van der Waals surface area contributed by atoms with Crippen LogP contribution in [0.1, 0.15) is 52.7 Å². The number of hydrogen-bond acceptors (Lipinski definition) is 11. The highest BCUT2D eigenvalue weighted by Crippen LogP contribution is 2.46. The first-order valence-corrected chi connectivity index (χ1v) is 16.2. The predicted molar refractivity (Wildman–Crippen MR) is 158 cm³/mol. The lowest BCUT2D eigenvalue weighted by Crippen LogP contribution is -2.47. The van der Waals surface area contributed by atoms with Crippen LogP contribution in [0.2, 0.25) is 0 Å². The van der Waals surface area contributed by atoms with Gasteiger partial charge in [0.05, 0.1) is 44.3 Å². The average molecular weight is 632 g/mol. The van der Waals surface area contributed by atoms with Crippen molar-refractivity contribution >= 4 is 48.2 Å². The van der Waals surface area contributed by atoms with Gasteiger partial charge in [0.2, 0.25) is 11.8 Å². The maximum absolute atomic E-state index is 12.6. The van der Waals surface area contributed by atoms with Crippen LogP contribution in [0.5, 0.6) is 0 Å². The van der Waals surface area contributed by atoms with Crippen molar-refractivity contribution in [2.24, 2.45) is 16.3 Å². The summed E-state index contributed by atoms with van der Waals surface area (Å²) >= 11 is 0.988. The first-order valence-electron chi connectivity index (χ1n) is 13.8. The number of nitrogens with zero attached hydrogens (tertiary/aromatic N) is 3. The smallest absolute Gasteiger partial charge is 0.371 e. The van der Waals surface area contributed by atoms with E-state index < -0.39 is 19.2 Å². The lowest BCUT2D eigenvalue weighted by molar-refractivity contribution is -0.129. The van der Waals surface area contributed by atoms with Gasteiger partial charge in [0.1, 0.15) is 11.5 Å². The van der Waals surface area contributed by atoms with E-state index in [1.54, 1.807) is 34.1 Å². The van der Waals surface area contributed by atoms with E-state index in [-0.39, 0.29) is 61.2 Å². The highest BCUT2D eigenvalue weighted by molar-refractivity contribution is 8.13. The van der Waals surface area contributed by atoms with Gasteiger partial charge in [-0.1, -0.05) is 32.5 Å². The molecule has 4 atom stereocenters. The molecule has 5 N–H and O–H groups in total. The number of fused-ring (bicyclic) bond motifs is 1. The lowest BCUT2D eigenvalue weighted by Gasteiger charge is -2.31.